The molecule has 1 rings (SSSR count). The summed E-state index contributed by atoms with van der Waals surface area (Å²) in [7, 11) is 0. The molecule has 12 heavy (non-hydrogen) atoms. The largest absolute Gasteiger partial charge is 0.341 e. The summed E-state index contributed by atoms with van der Waals surface area (Å²) in [5, 5.41) is 3.36. The summed E-state index contributed by atoms with van der Waals surface area (Å²) in [6, 6.07) is 0.533. The monoisotopic (exact) mass is 170 g/mol. The second-order valence-corrected chi connectivity index (χ2v) is 3.24. The summed E-state index contributed by atoms with van der Waals surface area (Å²) in [5.74, 6) is 0.287. The molecule has 1 aliphatic rings. The molecule has 1 N–H and O–H groups in total. The van der Waals surface area contributed by atoms with Crippen LogP contribution in [0.4, 0.5) is 0 Å². The lowest BCUT2D eigenvalue weighted by Gasteiger charge is -2.15. The minimum absolute atomic E-state index is 0.287. The third-order valence-corrected chi connectivity index (χ3v) is 2.34. The maximum Gasteiger partial charge on any atom is 0.222 e. The van der Waals surface area contributed by atoms with E-state index in [0.717, 1.165) is 26.1 Å². The van der Waals surface area contributed by atoms with Crippen LogP contribution in [0.1, 0.15) is 26.7 Å². The van der Waals surface area contributed by atoms with Crippen molar-refractivity contribution in [3.63, 3.8) is 0 Å². The Morgan fingerprint density at radius 2 is 2.33 bits per heavy atom. The second kappa shape index (κ2) is 4.45. The summed E-state index contributed by atoms with van der Waals surface area (Å²) in [5.41, 5.74) is 0. The van der Waals surface area contributed by atoms with Gasteiger partial charge in [-0.2, -0.15) is 0 Å². The quantitative estimate of drug-likeness (QED) is 0.673. The predicted molar refractivity (Wildman–Crippen MR) is 49.0 cm³/mol. The molecule has 0 spiro atoms. The van der Waals surface area contributed by atoms with Crippen LogP contribution in [0.25, 0.3) is 0 Å². The van der Waals surface area contributed by atoms with E-state index in [1.54, 1.807) is 0 Å². The van der Waals surface area contributed by atoms with E-state index >= 15 is 0 Å². The number of likely N-dealkylation sites (tertiary alicyclic amines) is 1. The first-order chi connectivity index (χ1) is 5.77. The van der Waals surface area contributed by atoms with Crippen molar-refractivity contribution in [1.29, 1.82) is 0 Å². The van der Waals surface area contributed by atoms with Crippen LogP contribution in [-0.2, 0) is 4.79 Å². The Kier molecular flexibility index (Phi) is 3.53. The Morgan fingerprint density at radius 1 is 1.58 bits per heavy atom. The van der Waals surface area contributed by atoms with Crippen LogP contribution >= 0.6 is 0 Å². The maximum absolute atomic E-state index is 11.3. The highest BCUT2D eigenvalue weighted by Crippen LogP contribution is 2.09. The maximum atomic E-state index is 11.3. The first-order valence-electron chi connectivity index (χ1n) is 4.79. The average molecular weight is 170 g/mol. The Morgan fingerprint density at radius 3 is 2.92 bits per heavy atom. The van der Waals surface area contributed by atoms with Gasteiger partial charge in [0, 0.05) is 25.6 Å². The van der Waals surface area contributed by atoms with E-state index in [0.29, 0.717) is 12.5 Å². The average Bonchev–Trinajstić information content (AvgIpc) is 2.52. The third-order valence-electron chi connectivity index (χ3n) is 2.34. The van der Waals surface area contributed by atoms with Gasteiger partial charge in [0.25, 0.3) is 0 Å². The number of carbonyl (C=O) groups is 1. The first-order valence-corrected chi connectivity index (χ1v) is 4.79. The molecule has 3 nitrogen and oxygen atoms in total. The van der Waals surface area contributed by atoms with Crippen molar-refractivity contribution in [1.82, 2.24) is 10.2 Å². The van der Waals surface area contributed by atoms with Crippen LogP contribution in [0.2, 0.25) is 0 Å². The predicted octanol–water partition coefficient (Wildman–Crippen LogP) is 0.607. The molecule has 1 saturated heterocycles. The number of nitrogens with one attached hydrogen (secondary N) is 1. The first kappa shape index (κ1) is 9.52. The fourth-order valence-corrected chi connectivity index (χ4v) is 1.67. The lowest BCUT2D eigenvalue weighted by atomic mass is 10.3. The minimum Gasteiger partial charge on any atom is -0.341 e. The van der Waals surface area contributed by atoms with Gasteiger partial charge in [-0.1, -0.05) is 13.8 Å². The second-order valence-electron chi connectivity index (χ2n) is 3.24. The highest BCUT2D eigenvalue weighted by atomic mass is 16.2. The number of hydrogen-bond donors (Lipinski definition) is 1. The Labute approximate surface area is 74.1 Å². The molecule has 0 aliphatic carbocycles. The fraction of sp³-hybridized carbons (Fsp3) is 0.889. The minimum atomic E-state index is 0.287. The zero-order valence-electron chi connectivity index (χ0n) is 7.97. The van der Waals surface area contributed by atoms with E-state index in [9.17, 15) is 4.79 Å². The summed E-state index contributed by atoms with van der Waals surface area (Å²) in [6.45, 7) is 6.86. The standard InChI is InChI=1S/C9H18N2O/c1-3-9(12)11-6-5-8(7-11)10-4-2/h8,10H,3-7H2,1-2H3. The van der Waals surface area contributed by atoms with Crippen molar-refractivity contribution in [2.45, 2.75) is 32.7 Å². The lowest BCUT2D eigenvalue weighted by molar-refractivity contribution is -0.129. The van der Waals surface area contributed by atoms with Gasteiger partial charge < -0.3 is 10.2 Å². The summed E-state index contributed by atoms with van der Waals surface area (Å²) in [6.07, 6.45) is 1.75. The zero-order chi connectivity index (χ0) is 8.97. The molecule has 1 fully saturated rings. The summed E-state index contributed by atoms with van der Waals surface area (Å²) < 4.78 is 0. The van der Waals surface area contributed by atoms with Crippen molar-refractivity contribution in [3.8, 4) is 0 Å². The van der Waals surface area contributed by atoms with Crippen molar-refractivity contribution in [2.24, 2.45) is 0 Å². The van der Waals surface area contributed by atoms with Crippen LogP contribution < -0.4 is 5.32 Å². The highest BCUT2D eigenvalue weighted by Gasteiger charge is 2.23. The third kappa shape index (κ3) is 2.21. The molecule has 0 saturated carbocycles. The van der Waals surface area contributed by atoms with E-state index in [4.69, 9.17) is 0 Å². The van der Waals surface area contributed by atoms with Crippen molar-refractivity contribution in [3.05, 3.63) is 0 Å². The van der Waals surface area contributed by atoms with E-state index in [-0.39, 0.29) is 5.91 Å². The number of nitrogens with zero attached hydrogens (tertiary/aromatic N) is 1. The zero-order valence-corrected chi connectivity index (χ0v) is 7.97. The molecular formula is C9H18N2O. The van der Waals surface area contributed by atoms with Gasteiger partial charge in [0.05, 0.1) is 0 Å². The Bertz CT molecular complexity index is 159. The van der Waals surface area contributed by atoms with Gasteiger partial charge in [0.1, 0.15) is 0 Å². The molecule has 1 atom stereocenters. The molecule has 0 aromatic carbocycles. The highest BCUT2D eigenvalue weighted by molar-refractivity contribution is 5.76. The molecule has 70 valence electrons. The van der Waals surface area contributed by atoms with Gasteiger partial charge >= 0.3 is 0 Å². The molecule has 1 heterocycles. The molecule has 0 bridgehead atoms. The van der Waals surface area contributed by atoms with Crippen LogP contribution in [0, 0.1) is 0 Å². The lowest BCUT2D eigenvalue weighted by Crippen LogP contribution is -2.34. The van der Waals surface area contributed by atoms with Crippen LogP contribution in [0.5, 0.6) is 0 Å². The normalized spacial score (nSPS) is 23.2. The van der Waals surface area contributed by atoms with Gasteiger partial charge in [0.2, 0.25) is 5.91 Å². The molecule has 1 aliphatic heterocycles. The van der Waals surface area contributed by atoms with Crippen molar-refractivity contribution in [2.75, 3.05) is 19.6 Å². The van der Waals surface area contributed by atoms with Crippen LogP contribution in [-0.4, -0.2) is 36.5 Å². The number of carbonyl (C=O) groups excluding carboxylic acids is 1. The molecule has 1 amide bonds. The van der Waals surface area contributed by atoms with Gasteiger partial charge in [-0.3, -0.25) is 4.79 Å². The molecule has 0 aromatic rings. The van der Waals surface area contributed by atoms with E-state index in [2.05, 4.69) is 12.2 Å². The molecule has 0 aromatic heterocycles. The van der Waals surface area contributed by atoms with Gasteiger partial charge in [-0.05, 0) is 13.0 Å². The Balaban J connectivity index is 2.30. The number of hydrogen-bond acceptors (Lipinski definition) is 2. The van der Waals surface area contributed by atoms with E-state index in [1.807, 2.05) is 11.8 Å². The molecule has 0 radical (unpaired) electrons. The SMILES string of the molecule is CCNC1CCN(C(=O)CC)C1. The molecule has 3 heteroatoms. The van der Waals surface area contributed by atoms with Crippen molar-refractivity contribution >= 4 is 5.91 Å². The van der Waals surface area contributed by atoms with Crippen LogP contribution in [0.15, 0.2) is 0 Å². The van der Waals surface area contributed by atoms with E-state index in [1.165, 1.54) is 0 Å². The summed E-state index contributed by atoms with van der Waals surface area (Å²) >= 11 is 0. The van der Waals surface area contributed by atoms with Crippen molar-refractivity contribution < 1.29 is 4.79 Å². The summed E-state index contributed by atoms with van der Waals surface area (Å²) in [4.78, 5) is 13.2. The van der Waals surface area contributed by atoms with Gasteiger partial charge in [-0.25, -0.2) is 0 Å². The fourth-order valence-electron chi connectivity index (χ4n) is 1.67. The molecular weight excluding hydrogens is 152 g/mol. The van der Waals surface area contributed by atoms with Gasteiger partial charge in [-0.15, -0.1) is 0 Å². The number of rotatable bonds is 3. The topological polar surface area (TPSA) is 32.3 Å². The molecule has 1 unspecified atom stereocenters. The van der Waals surface area contributed by atoms with Crippen LogP contribution in [0.3, 0.4) is 0 Å². The Hall–Kier alpha value is -0.570. The van der Waals surface area contributed by atoms with E-state index < -0.39 is 0 Å². The number of likely N-dealkylation sites (N-methyl/N-ethyl adjacent to an activating group) is 1. The number of amides is 1. The smallest absolute Gasteiger partial charge is 0.222 e. The van der Waals surface area contributed by atoms with Gasteiger partial charge in [0.15, 0.2) is 0 Å².